The Morgan fingerprint density at radius 3 is 2.26 bits per heavy atom. The van der Waals surface area contributed by atoms with E-state index in [0.717, 1.165) is 30.8 Å². The van der Waals surface area contributed by atoms with Crippen molar-refractivity contribution in [3.8, 4) is 0 Å². The number of pyridine rings is 1. The summed E-state index contributed by atoms with van der Waals surface area (Å²) in [6, 6.07) is 4.44. The van der Waals surface area contributed by atoms with E-state index < -0.39 is 5.60 Å². The number of aromatic nitrogens is 1. The molecule has 0 aromatic carbocycles. The molecule has 1 N–H and O–H groups in total. The molecule has 1 aliphatic carbocycles. The predicted molar refractivity (Wildman–Crippen MR) is 92.6 cm³/mol. The minimum absolute atomic E-state index is 0.306. The zero-order valence-corrected chi connectivity index (χ0v) is 15.1. The third-order valence-electron chi connectivity index (χ3n) is 4.36. The number of hydrogen-bond donors (Lipinski definition) is 1. The van der Waals surface area contributed by atoms with Crippen LogP contribution in [0.3, 0.4) is 0 Å². The van der Waals surface area contributed by atoms with Crippen LogP contribution in [-0.4, -0.2) is 23.2 Å². The van der Waals surface area contributed by atoms with Gasteiger partial charge in [0.05, 0.1) is 0 Å². The van der Waals surface area contributed by atoms with Crippen molar-refractivity contribution in [2.45, 2.75) is 71.8 Å². The van der Waals surface area contributed by atoms with Crippen LogP contribution in [0.5, 0.6) is 0 Å². The van der Waals surface area contributed by atoms with Crippen molar-refractivity contribution in [3.05, 3.63) is 29.1 Å². The average Bonchev–Trinajstić information content (AvgIpc) is 2.43. The van der Waals surface area contributed by atoms with Crippen molar-refractivity contribution in [1.82, 2.24) is 10.3 Å². The molecule has 2 rings (SSSR count). The van der Waals surface area contributed by atoms with E-state index in [9.17, 15) is 4.79 Å². The minimum atomic E-state index is -0.432. The predicted octanol–water partition coefficient (Wildman–Crippen LogP) is 4.50. The van der Waals surface area contributed by atoms with Gasteiger partial charge in [-0.3, -0.25) is 4.98 Å². The highest BCUT2D eigenvalue weighted by molar-refractivity contribution is 5.67. The van der Waals surface area contributed by atoms with Crippen LogP contribution in [0.15, 0.2) is 12.1 Å². The fourth-order valence-corrected chi connectivity index (χ4v) is 3.34. The highest BCUT2D eigenvalue weighted by Crippen LogP contribution is 2.35. The number of aryl methyl sites for hydroxylation is 2. The standard InChI is InChI=1S/C19H30N2O2/c1-13-10-17(11-14(2)21-13)16-8-6-15(7-9-16)12-20-18(22)23-19(3,4)5/h10-11,15-16H,6-9,12H2,1-5H3,(H,20,22). The van der Waals surface area contributed by atoms with E-state index in [1.165, 1.54) is 18.4 Å². The molecule has 23 heavy (non-hydrogen) atoms. The molecule has 1 heterocycles. The smallest absolute Gasteiger partial charge is 0.407 e. The SMILES string of the molecule is Cc1cc(C2CCC(CNC(=O)OC(C)(C)C)CC2)cc(C)n1. The number of carbonyl (C=O) groups excluding carboxylic acids is 1. The normalized spacial score (nSPS) is 21.8. The lowest BCUT2D eigenvalue weighted by atomic mass is 9.78. The molecule has 0 saturated heterocycles. The van der Waals surface area contributed by atoms with Gasteiger partial charge in [0.25, 0.3) is 0 Å². The maximum Gasteiger partial charge on any atom is 0.407 e. The number of carbonyl (C=O) groups is 1. The van der Waals surface area contributed by atoms with Gasteiger partial charge < -0.3 is 10.1 Å². The Bertz CT molecular complexity index is 521. The van der Waals surface area contributed by atoms with Gasteiger partial charge in [-0.1, -0.05) is 0 Å². The van der Waals surface area contributed by atoms with Crippen LogP contribution in [0.25, 0.3) is 0 Å². The van der Waals surface area contributed by atoms with Gasteiger partial charge in [0.1, 0.15) is 5.60 Å². The molecule has 0 aliphatic heterocycles. The van der Waals surface area contributed by atoms with Gasteiger partial charge >= 0.3 is 6.09 Å². The Kier molecular flexibility index (Phi) is 5.66. The zero-order chi connectivity index (χ0) is 17.0. The van der Waals surface area contributed by atoms with Crippen LogP contribution in [0.1, 0.15) is 69.3 Å². The van der Waals surface area contributed by atoms with Gasteiger partial charge in [-0.25, -0.2) is 4.79 Å². The number of hydrogen-bond acceptors (Lipinski definition) is 3. The Labute approximate surface area is 140 Å². The van der Waals surface area contributed by atoms with Gasteiger partial charge in [-0.2, -0.15) is 0 Å². The van der Waals surface area contributed by atoms with Crippen molar-refractivity contribution in [2.75, 3.05) is 6.54 Å². The summed E-state index contributed by atoms with van der Waals surface area (Å²) in [6.45, 7) is 10.5. The molecule has 0 unspecified atom stereocenters. The molecular formula is C19H30N2O2. The Morgan fingerprint density at radius 1 is 1.17 bits per heavy atom. The van der Waals surface area contributed by atoms with Gasteiger partial charge in [-0.05, 0) is 89.8 Å². The second-order valence-corrected chi connectivity index (χ2v) is 7.78. The first-order valence-electron chi connectivity index (χ1n) is 8.65. The highest BCUT2D eigenvalue weighted by Gasteiger charge is 2.24. The first-order chi connectivity index (χ1) is 10.7. The van der Waals surface area contributed by atoms with Crippen LogP contribution >= 0.6 is 0 Å². The quantitative estimate of drug-likeness (QED) is 0.893. The number of rotatable bonds is 3. The molecule has 1 amide bonds. The summed E-state index contributed by atoms with van der Waals surface area (Å²) in [5.74, 6) is 1.19. The van der Waals surface area contributed by atoms with Crippen LogP contribution in [0.4, 0.5) is 4.79 Å². The summed E-state index contributed by atoms with van der Waals surface area (Å²) in [6.07, 6.45) is 4.37. The molecule has 4 heteroatoms. The van der Waals surface area contributed by atoms with Gasteiger partial charge in [0, 0.05) is 17.9 Å². The molecule has 0 radical (unpaired) electrons. The first-order valence-corrected chi connectivity index (χ1v) is 8.65. The highest BCUT2D eigenvalue weighted by atomic mass is 16.6. The van der Waals surface area contributed by atoms with E-state index in [0.29, 0.717) is 11.8 Å². The van der Waals surface area contributed by atoms with E-state index in [2.05, 4.69) is 36.3 Å². The van der Waals surface area contributed by atoms with E-state index >= 15 is 0 Å². The molecule has 0 bridgehead atoms. The van der Waals surface area contributed by atoms with Crippen molar-refractivity contribution >= 4 is 6.09 Å². The first kappa shape index (κ1) is 17.8. The Balaban J connectivity index is 1.79. The van der Waals surface area contributed by atoms with Gasteiger partial charge in [0.2, 0.25) is 0 Å². The summed E-state index contributed by atoms with van der Waals surface area (Å²) >= 11 is 0. The summed E-state index contributed by atoms with van der Waals surface area (Å²) in [7, 11) is 0. The number of ether oxygens (including phenoxy) is 1. The Morgan fingerprint density at radius 2 is 1.74 bits per heavy atom. The number of nitrogens with zero attached hydrogens (tertiary/aromatic N) is 1. The third kappa shape index (κ3) is 5.85. The molecule has 1 aromatic rings. The molecule has 0 spiro atoms. The number of nitrogens with one attached hydrogen (secondary N) is 1. The summed E-state index contributed by atoms with van der Waals surface area (Å²) in [4.78, 5) is 16.2. The molecule has 1 saturated carbocycles. The maximum atomic E-state index is 11.7. The van der Waals surface area contributed by atoms with Gasteiger partial charge in [-0.15, -0.1) is 0 Å². The molecular weight excluding hydrogens is 288 g/mol. The second kappa shape index (κ2) is 7.33. The van der Waals surface area contributed by atoms with Gasteiger partial charge in [0.15, 0.2) is 0 Å². The second-order valence-electron chi connectivity index (χ2n) is 7.78. The fraction of sp³-hybridized carbons (Fsp3) is 0.684. The lowest BCUT2D eigenvalue weighted by Crippen LogP contribution is -2.36. The topological polar surface area (TPSA) is 51.2 Å². The largest absolute Gasteiger partial charge is 0.444 e. The van der Waals surface area contributed by atoms with Crippen molar-refractivity contribution < 1.29 is 9.53 Å². The molecule has 1 fully saturated rings. The lowest BCUT2D eigenvalue weighted by Gasteiger charge is -2.29. The number of amides is 1. The molecule has 128 valence electrons. The summed E-state index contributed by atoms with van der Waals surface area (Å²) in [5, 5.41) is 2.91. The average molecular weight is 318 g/mol. The summed E-state index contributed by atoms with van der Waals surface area (Å²) < 4.78 is 5.29. The van der Waals surface area contributed by atoms with Crippen LogP contribution < -0.4 is 5.32 Å². The van der Waals surface area contributed by atoms with E-state index in [1.807, 2.05) is 20.8 Å². The Hall–Kier alpha value is -1.58. The maximum absolute atomic E-state index is 11.7. The van der Waals surface area contributed by atoms with Crippen molar-refractivity contribution in [3.63, 3.8) is 0 Å². The molecule has 1 aromatic heterocycles. The van der Waals surface area contributed by atoms with E-state index in [4.69, 9.17) is 4.74 Å². The lowest BCUT2D eigenvalue weighted by molar-refractivity contribution is 0.0514. The molecule has 4 nitrogen and oxygen atoms in total. The van der Waals surface area contributed by atoms with Crippen LogP contribution in [0, 0.1) is 19.8 Å². The van der Waals surface area contributed by atoms with E-state index in [1.54, 1.807) is 0 Å². The van der Waals surface area contributed by atoms with Crippen LogP contribution in [0.2, 0.25) is 0 Å². The number of alkyl carbamates (subject to hydrolysis) is 1. The third-order valence-corrected chi connectivity index (χ3v) is 4.36. The zero-order valence-electron chi connectivity index (χ0n) is 15.1. The monoisotopic (exact) mass is 318 g/mol. The fourth-order valence-electron chi connectivity index (χ4n) is 3.34. The van der Waals surface area contributed by atoms with Crippen molar-refractivity contribution in [2.24, 2.45) is 5.92 Å². The molecule has 1 aliphatic rings. The summed E-state index contributed by atoms with van der Waals surface area (Å²) in [5.41, 5.74) is 3.20. The molecule has 0 atom stereocenters. The van der Waals surface area contributed by atoms with Crippen LogP contribution in [-0.2, 0) is 4.74 Å². The van der Waals surface area contributed by atoms with E-state index in [-0.39, 0.29) is 6.09 Å². The minimum Gasteiger partial charge on any atom is -0.444 e. The van der Waals surface area contributed by atoms with Crippen molar-refractivity contribution in [1.29, 1.82) is 0 Å².